The van der Waals surface area contributed by atoms with Gasteiger partial charge in [0.25, 0.3) is 0 Å². The van der Waals surface area contributed by atoms with Gasteiger partial charge in [-0.15, -0.1) is 0 Å². The maximum absolute atomic E-state index is 4.15. The first-order chi connectivity index (χ1) is 7.25. The molecule has 1 aromatic heterocycles. The summed E-state index contributed by atoms with van der Waals surface area (Å²) in [5, 5.41) is 0. The van der Waals surface area contributed by atoms with Crippen LogP contribution in [0.4, 0.5) is 0 Å². The predicted octanol–water partition coefficient (Wildman–Crippen LogP) is 1.92. The minimum absolute atomic E-state index is 0.919. The van der Waals surface area contributed by atoms with Crippen LogP contribution >= 0.6 is 0 Å². The Bertz CT molecular complexity index is 298. The van der Waals surface area contributed by atoms with Crippen LogP contribution in [0.2, 0.25) is 0 Å². The van der Waals surface area contributed by atoms with Gasteiger partial charge in [0.15, 0.2) is 0 Å². The van der Waals surface area contributed by atoms with E-state index < -0.39 is 0 Å². The summed E-state index contributed by atoms with van der Waals surface area (Å²) >= 11 is 0. The van der Waals surface area contributed by atoms with E-state index in [9.17, 15) is 0 Å². The maximum atomic E-state index is 4.15. The van der Waals surface area contributed by atoms with Crippen molar-refractivity contribution >= 4 is 0 Å². The van der Waals surface area contributed by atoms with Crippen molar-refractivity contribution in [3.63, 3.8) is 0 Å². The second-order valence-corrected chi connectivity index (χ2v) is 4.76. The lowest BCUT2D eigenvalue weighted by molar-refractivity contribution is 0.207. The van der Waals surface area contributed by atoms with E-state index in [0.29, 0.717) is 0 Å². The molecule has 2 rings (SSSR count). The lowest BCUT2D eigenvalue weighted by Crippen LogP contribution is -2.30. The molecule has 0 radical (unpaired) electrons. The van der Waals surface area contributed by atoms with Gasteiger partial charge in [-0.05, 0) is 52.2 Å². The number of piperidine rings is 1. The number of likely N-dealkylation sites (tertiary alicyclic amines) is 1. The summed E-state index contributed by atoms with van der Waals surface area (Å²) in [6, 6.07) is 0. The van der Waals surface area contributed by atoms with Crippen molar-refractivity contribution in [2.24, 2.45) is 5.92 Å². The van der Waals surface area contributed by atoms with Crippen LogP contribution in [-0.4, -0.2) is 34.6 Å². The zero-order valence-corrected chi connectivity index (χ0v) is 9.82. The molecule has 0 saturated carbocycles. The standard InChI is InChI=1S/C12H21N3/c1-11-9-13-10-15(11)8-5-12-3-6-14(2)7-4-12/h9-10,12H,3-8H2,1-2H3. The van der Waals surface area contributed by atoms with Crippen LogP contribution in [0.5, 0.6) is 0 Å². The van der Waals surface area contributed by atoms with E-state index >= 15 is 0 Å². The molecule has 0 aromatic carbocycles. The summed E-state index contributed by atoms with van der Waals surface area (Å²) in [5.74, 6) is 0.919. The summed E-state index contributed by atoms with van der Waals surface area (Å²) in [6.07, 6.45) is 7.93. The predicted molar refractivity (Wildman–Crippen MR) is 61.8 cm³/mol. The Labute approximate surface area is 92.1 Å². The number of aromatic nitrogens is 2. The van der Waals surface area contributed by atoms with E-state index in [1.54, 1.807) is 0 Å². The molecular weight excluding hydrogens is 186 g/mol. The number of rotatable bonds is 3. The minimum atomic E-state index is 0.919. The van der Waals surface area contributed by atoms with Gasteiger partial charge in [-0.3, -0.25) is 0 Å². The molecule has 1 aliphatic rings. The first kappa shape index (κ1) is 10.7. The fourth-order valence-electron chi connectivity index (χ4n) is 2.29. The van der Waals surface area contributed by atoms with Gasteiger partial charge in [-0.2, -0.15) is 0 Å². The van der Waals surface area contributed by atoms with Crippen LogP contribution in [0.3, 0.4) is 0 Å². The molecule has 2 heterocycles. The van der Waals surface area contributed by atoms with Crippen LogP contribution in [0.25, 0.3) is 0 Å². The SMILES string of the molecule is Cc1cncn1CCC1CCN(C)CC1. The van der Waals surface area contributed by atoms with Crippen LogP contribution in [0, 0.1) is 12.8 Å². The summed E-state index contributed by atoms with van der Waals surface area (Å²) in [6.45, 7) is 5.81. The topological polar surface area (TPSA) is 21.1 Å². The van der Waals surface area contributed by atoms with Gasteiger partial charge in [-0.1, -0.05) is 0 Å². The van der Waals surface area contributed by atoms with E-state index in [1.165, 1.54) is 38.0 Å². The maximum Gasteiger partial charge on any atom is 0.0948 e. The Morgan fingerprint density at radius 3 is 2.73 bits per heavy atom. The molecule has 0 unspecified atom stereocenters. The van der Waals surface area contributed by atoms with E-state index in [1.807, 2.05) is 12.5 Å². The molecule has 1 saturated heterocycles. The summed E-state index contributed by atoms with van der Waals surface area (Å²) in [4.78, 5) is 6.58. The fourth-order valence-corrected chi connectivity index (χ4v) is 2.29. The van der Waals surface area contributed by atoms with Crippen molar-refractivity contribution in [2.75, 3.05) is 20.1 Å². The highest BCUT2D eigenvalue weighted by atomic mass is 15.1. The quantitative estimate of drug-likeness (QED) is 0.755. The smallest absolute Gasteiger partial charge is 0.0948 e. The van der Waals surface area contributed by atoms with Gasteiger partial charge in [0, 0.05) is 18.4 Å². The van der Waals surface area contributed by atoms with Crippen molar-refractivity contribution in [2.45, 2.75) is 32.7 Å². The normalized spacial score (nSPS) is 19.6. The Morgan fingerprint density at radius 1 is 1.40 bits per heavy atom. The van der Waals surface area contributed by atoms with Gasteiger partial charge < -0.3 is 9.47 Å². The minimum Gasteiger partial charge on any atom is -0.335 e. The zero-order valence-electron chi connectivity index (χ0n) is 9.82. The fraction of sp³-hybridized carbons (Fsp3) is 0.750. The van der Waals surface area contributed by atoms with Crippen molar-refractivity contribution in [1.29, 1.82) is 0 Å². The van der Waals surface area contributed by atoms with Crippen LogP contribution in [0.1, 0.15) is 25.0 Å². The third-order valence-electron chi connectivity index (χ3n) is 3.54. The Hall–Kier alpha value is -0.830. The van der Waals surface area contributed by atoms with Crippen LogP contribution in [0.15, 0.2) is 12.5 Å². The lowest BCUT2D eigenvalue weighted by atomic mass is 9.94. The van der Waals surface area contributed by atoms with Crippen molar-refractivity contribution < 1.29 is 0 Å². The van der Waals surface area contributed by atoms with Gasteiger partial charge in [0.05, 0.1) is 6.33 Å². The average molecular weight is 207 g/mol. The molecule has 15 heavy (non-hydrogen) atoms. The van der Waals surface area contributed by atoms with E-state index in [0.717, 1.165) is 12.5 Å². The largest absolute Gasteiger partial charge is 0.335 e. The van der Waals surface area contributed by atoms with E-state index in [-0.39, 0.29) is 0 Å². The second kappa shape index (κ2) is 4.79. The molecular formula is C12H21N3. The number of aryl methyl sites for hydroxylation is 2. The average Bonchev–Trinajstić information content (AvgIpc) is 2.63. The zero-order chi connectivity index (χ0) is 10.7. The molecule has 0 spiro atoms. The lowest BCUT2D eigenvalue weighted by Gasteiger charge is -2.29. The van der Waals surface area contributed by atoms with Gasteiger partial charge in [0.1, 0.15) is 0 Å². The third kappa shape index (κ3) is 2.81. The van der Waals surface area contributed by atoms with E-state index in [4.69, 9.17) is 0 Å². The highest BCUT2D eigenvalue weighted by molar-refractivity contribution is 4.93. The molecule has 84 valence electrons. The number of nitrogens with zero attached hydrogens (tertiary/aromatic N) is 3. The third-order valence-corrected chi connectivity index (χ3v) is 3.54. The molecule has 0 bridgehead atoms. The monoisotopic (exact) mass is 207 g/mol. The van der Waals surface area contributed by atoms with E-state index in [2.05, 4.69) is 28.4 Å². The number of hydrogen-bond donors (Lipinski definition) is 0. The highest BCUT2D eigenvalue weighted by Gasteiger charge is 2.16. The highest BCUT2D eigenvalue weighted by Crippen LogP contribution is 2.20. The van der Waals surface area contributed by atoms with Crippen molar-refractivity contribution in [3.8, 4) is 0 Å². The van der Waals surface area contributed by atoms with Crippen LogP contribution in [-0.2, 0) is 6.54 Å². The first-order valence-corrected chi connectivity index (χ1v) is 5.91. The molecule has 1 aliphatic heterocycles. The Balaban J connectivity index is 1.77. The van der Waals surface area contributed by atoms with Crippen LogP contribution < -0.4 is 0 Å². The summed E-state index contributed by atoms with van der Waals surface area (Å²) in [7, 11) is 2.22. The molecule has 0 aliphatic carbocycles. The van der Waals surface area contributed by atoms with Gasteiger partial charge in [0.2, 0.25) is 0 Å². The molecule has 0 amide bonds. The molecule has 1 fully saturated rings. The molecule has 3 heteroatoms. The molecule has 3 nitrogen and oxygen atoms in total. The Kier molecular flexibility index (Phi) is 3.41. The van der Waals surface area contributed by atoms with Gasteiger partial charge in [-0.25, -0.2) is 4.98 Å². The molecule has 0 atom stereocenters. The Morgan fingerprint density at radius 2 is 2.13 bits per heavy atom. The first-order valence-electron chi connectivity index (χ1n) is 5.91. The van der Waals surface area contributed by atoms with Crippen molar-refractivity contribution in [3.05, 3.63) is 18.2 Å². The number of imidazole rings is 1. The molecule has 0 N–H and O–H groups in total. The summed E-state index contributed by atoms with van der Waals surface area (Å²) in [5.41, 5.74) is 1.28. The molecule has 1 aromatic rings. The van der Waals surface area contributed by atoms with Gasteiger partial charge >= 0.3 is 0 Å². The number of hydrogen-bond acceptors (Lipinski definition) is 2. The van der Waals surface area contributed by atoms with Crippen molar-refractivity contribution in [1.82, 2.24) is 14.5 Å². The second-order valence-electron chi connectivity index (χ2n) is 4.76. The summed E-state index contributed by atoms with van der Waals surface area (Å²) < 4.78 is 2.26.